The van der Waals surface area contributed by atoms with Gasteiger partial charge >= 0.3 is 0 Å². The first-order valence-corrected chi connectivity index (χ1v) is 11.7. The first-order chi connectivity index (χ1) is 12.7. The highest BCUT2D eigenvalue weighted by Crippen LogP contribution is 2.71. The van der Waals surface area contributed by atoms with Crippen LogP contribution in [0.25, 0.3) is 0 Å². The first kappa shape index (κ1) is 20.2. The van der Waals surface area contributed by atoms with Gasteiger partial charge in [-0.15, -0.1) is 23.2 Å². The summed E-state index contributed by atoms with van der Waals surface area (Å²) in [6, 6.07) is 0. The molecule has 0 aromatic heterocycles. The summed E-state index contributed by atoms with van der Waals surface area (Å²) < 4.78 is 0. The van der Waals surface area contributed by atoms with Crippen molar-refractivity contribution in [2.45, 2.75) is 77.0 Å². The summed E-state index contributed by atoms with van der Waals surface area (Å²) in [5.74, 6) is 2.49. The van der Waals surface area contributed by atoms with Crippen LogP contribution in [0.3, 0.4) is 0 Å². The Labute approximate surface area is 174 Å². The van der Waals surface area contributed by atoms with E-state index >= 15 is 0 Å². The second kappa shape index (κ2) is 6.74. The highest BCUT2D eigenvalue weighted by Gasteiger charge is 2.67. The van der Waals surface area contributed by atoms with Crippen LogP contribution in [-0.2, 0) is 4.79 Å². The second-order valence-electron chi connectivity index (χ2n) is 10.4. The van der Waals surface area contributed by atoms with Gasteiger partial charge in [0.2, 0.25) is 0 Å². The minimum Gasteiger partial charge on any atom is -0.396 e. The van der Waals surface area contributed by atoms with Crippen LogP contribution in [0.4, 0.5) is 0 Å². The smallest absolute Gasteiger partial charge is 0.139 e. The van der Waals surface area contributed by atoms with Gasteiger partial charge in [-0.3, -0.25) is 4.79 Å². The minimum absolute atomic E-state index is 0.0851. The Morgan fingerprint density at radius 2 is 1.89 bits per heavy atom. The lowest BCUT2D eigenvalue weighted by atomic mass is 9.45. The van der Waals surface area contributed by atoms with Crippen LogP contribution in [0, 0.1) is 39.9 Å². The summed E-state index contributed by atoms with van der Waals surface area (Å²) in [5.41, 5.74) is 1.21. The van der Waals surface area contributed by atoms with Gasteiger partial charge in [0.1, 0.15) is 10.6 Å². The quantitative estimate of drug-likeness (QED) is 0.459. The number of aliphatic hydroxyl groups is 1. The summed E-state index contributed by atoms with van der Waals surface area (Å²) in [5, 5.41) is 9.63. The normalized spacial score (nSPS) is 49.2. The zero-order chi connectivity index (χ0) is 19.6. The van der Waals surface area contributed by atoms with Crippen LogP contribution in [0.15, 0.2) is 11.6 Å². The molecule has 4 aliphatic rings. The lowest BCUT2D eigenvalue weighted by molar-refractivity contribution is -0.138. The lowest BCUT2D eigenvalue weighted by Gasteiger charge is -2.59. The summed E-state index contributed by atoms with van der Waals surface area (Å²) in [6.45, 7) is 6.80. The van der Waals surface area contributed by atoms with Gasteiger partial charge in [-0.05, 0) is 92.8 Å². The van der Waals surface area contributed by atoms with Crippen molar-refractivity contribution in [3.05, 3.63) is 11.6 Å². The maximum atomic E-state index is 12.8. The molecule has 1 N–H and O–H groups in total. The number of aliphatic hydroxyl groups excluding tert-OH is 1. The van der Waals surface area contributed by atoms with Gasteiger partial charge in [0.05, 0.1) is 5.41 Å². The van der Waals surface area contributed by atoms with Gasteiger partial charge in [-0.1, -0.05) is 25.5 Å². The van der Waals surface area contributed by atoms with Crippen LogP contribution >= 0.6 is 23.2 Å². The van der Waals surface area contributed by atoms with E-state index in [1.165, 1.54) is 12.8 Å². The van der Waals surface area contributed by atoms with Crippen LogP contribution in [0.2, 0.25) is 0 Å². The van der Waals surface area contributed by atoms with Crippen molar-refractivity contribution in [2.75, 3.05) is 6.61 Å². The molecule has 2 nitrogen and oxygen atoms in total. The van der Waals surface area contributed by atoms with E-state index in [0.717, 1.165) is 38.5 Å². The van der Waals surface area contributed by atoms with Crippen molar-refractivity contribution < 1.29 is 9.90 Å². The fourth-order valence-electron chi connectivity index (χ4n) is 8.06. The second-order valence-corrected chi connectivity index (χ2v) is 11.5. The van der Waals surface area contributed by atoms with Gasteiger partial charge < -0.3 is 5.11 Å². The summed E-state index contributed by atoms with van der Waals surface area (Å²) in [6.07, 6.45) is 11.2. The average Bonchev–Trinajstić information content (AvgIpc) is 2.95. The van der Waals surface area contributed by atoms with E-state index in [1.54, 1.807) is 12.5 Å². The van der Waals surface area contributed by atoms with Crippen molar-refractivity contribution >= 4 is 29.0 Å². The molecule has 0 spiro atoms. The number of halogens is 2. The maximum absolute atomic E-state index is 12.8. The summed E-state index contributed by atoms with van der Waals surface area (Å²) in [4.78, 5) is 12.2. The number of allylic oxidation sites excluding steroid dienone is 2. The Morgan fingerprint density at radius 3 is 2.52 bits per heavy atom. The summed E-state index contributed by atoms with van der Waals surface area (Å²) in [7, 11) is 0. The third-order valence-electron chi connectivity index (χ3n) is 9.72. The molecule has 4 heteroatoms. The van der Waals surface area contributed by atoms with E-state index in [1.807, 2.05) is 0 Å². The van der Waals surface area contributed by atoms with Gasteiger partial charge in [0.15, 0.2) is 0 Å². The Balaban J connectivity index is 1.69. The molecule has 0 aromatic rings. The molecule has 27 heavy (non-hydrogen) atoms. The monoisotopic (exact) mass is 412 g/mol. The molecule has 0 aromatic carbocycles. The van der Waals surface area contributed by atoms with E-state index in [2.05, 4.69) is 19.9 Å². The predicted octanol–water partition coefficient (Wildman–Crippen LogP) is 5.94. The maximum Gasteiger partial charge on any atom is 0.139 e. The average molecular weight is 413 g/mol. The number of fused-ring (bicyclic) bond motifs is 5. The number of carbonyl (C=O) groups excluding carboxylic acids is 1. The third-order valence-corrected chi connectivity index (χ3v) is 10.5. The molecule has 152 valence electrons. The number of Topliss-reactive ketones (excluding diaryl/α,β-unsaturated/α-hetero) is 1. The zero-order valence-electron chi connectivity index (χ0n) is 16.9. The Kier molecular flexibility index (Phi) is 5.05. The van der Waals surface area contributed by atoms with Crippen molar-refractivity contribution in [1.82, 2.24) is 0 Å². The molecule has 4 aliphatic carbocycles. The van der Waals surface area contributed by atoms with Crippen LogP contribution in [0.5, 0.6) is 0 Å². The molecule has 0 radical (unpaired) electrons. The Hall–Kier alpha value is -0.0500. The van der Waals surface area contributed by atoms with E-state index in [4.69, 9.17) is 23.2 Å². The van der Waals surface area contributed by atoms with Gasteiger partial charge in [-0.2, -0.15) is 0 Å². The largest absolute Gasteiger partial charge is 0.396 e. The van der Waals surface area contributed by atoms with Gasteiger partial charge in [0, 0.05) is 6.61 Å². The number of ketones is 1. The number of rotatable bonds is 3. The Bertz CT molecular complexity index is 659. The SMILES string of the molecule is CC(=O)[C@@]1(C(Cl)Cl)CCC2C3CC=C4CC(CO)CC[C@]4(C)C3CC[C@@]21C. The zero-order valence-corrected chi connectivity index (χ0v) is 18.5. The van der Waals surface area contributed by atoms with Gasteiger partial charge in [-0.25, -0.2) is 0 Å². The van der Waals surface area contributed by atoms with Crippen molar-refractivity contribution in [1.29, 1.82) is 0 Å². The minimum atomic E-state index is -0.619. The molecule has 7 atom stereocenters. The lowest BCUT2D eigenvalue weighted by Crippen LogP contribution is -2.55. The van der Waals surface area contributed by atoms with E-state index in [9.17, 15) is 9.90 Å². The molecular formula is C23H34Cl2O2. The molecule has 0 saturated heterocycles. The predicted molar refractivity (Wildman–Crippen MR) is 111 cm³/mol. The van der Waals surface area contributed by atoms with E-state index in [0.29, 0.717) is 30.3 Å². The molecule has 0 bridgehead atoms. The standard InChI is InChI=1S/C23H34Cl2O2/c1-14(27)23(20(24)25)11-8-19-17-5-4-16-12-15(13-26)6-9-21(16,2)18(17)7-10-22(19,23)3/h4,15,17-20,26H,5-13H2,1-3H3/t15?,17?,18?,19?,21-,22-,23+/m0/s1. The van der Waals surface area contributed by atoms with Crippen molar-refractivity contribution in [2.24, 2.45) is 39.9 Å². The van der Waals surface area contributed by atoms with Crippen LogP contribution in [-0.4, -0.2) is 22.3 Å². The highest BCUT2D eigenvalue weighted by molar-refractivity contribution is 6.46. The number of carbonyl (C=O) groups is 1. The molecular weight excluding hydrogens is 379 g/mol. The topological polar surface area (TPSA) is 37.3 Å². The molecule has 4 unspecified atom stereocenters. The Morgan fingerprint density at radius 1 is 1.19 bits per heavy atom. The fraction of sp³-hybridized carbons (Fsp3) is 0.870. The van der Waals surface area contributed by atoms with Gasteiger partial charge in [0.25, 0.3) is 0 Å². The molecule has 3 saturated carbocycles. The van der Waals surface area contributed by atoms with Crippen LogP contribution in [0.1, 0.15) is 72.1 Å². The first-order valence-electron chi connectivity index (χ1n) is 10.8. The van der Waals surface area contributed by atoms with Crippen molar-refractivity contribution in [3.63, 3.8) is 0 Å². The number of alkyl halides is 2. The molecule has 4 rings (SSSR count). The van der Waals surface area contributed by atoms with E-state index < -0.39 is 10.3 Å². The highest BCUT2D eigenvalue weighted by atomic mass is 35.5. The molecule has 0 heterocycles. The van der Waals surface area contributed by atoms with Crippen molar-refractivity contribution in [3.8, 4) is 0 Å². The third kappa shape index (κ3) is 2.58. The molecule has 3 fully saturated rings. The number of hydrogen-bond donors (Lipinski definition) is 1. The fourth-order valence-corrected chi connectivity index (χ4v) is 9.08. The molecule has 0 amide bonds. The number of hydrogen-bond acceptors (Lipinski definition) is 2. The molecule has 0 aliphatic heterocycles. The van der Waals surface area contributed by atoms with Crippen LogP contribution < -0.4 is 0 Å². The van der Waals surface area contributed by atoms with E-state index in [-0.39, 0.29) is 16.6 Å². The summed E-state index contributed by atoms with van der Waals surface area (Å²) >= 11 is 13.0.